The second kappa shape index (κ2) is 5.79. The fourth-order valence-corrected chi connectivity index (χ4v) is 1.77. The molecule has 0 fully saturated rings. The summed E-state index contributed by atoms with van der Waals surface area (Å²) in [6, 6.07) is 3.32. The number of aryl methyl sites for hydroxylation is 1. The predicted molar refractivity (Wildman–Crippen MR) is 71.7 cm³/mol. The summed E-state index contributed by atoms with van der Waals surface area (Å²) in [7, 11) is 0. The lowest BCUT2D eigenvalue weighted by molar-refractivity contribution is 0.378. The van der Waals surface area contributed by atoms with Gasteiger partial charge < -0.3 is 5.32 Å². The number of nitrogens with one attached hydrogen (secondary N) is 1. The molecule has 1 N–H and O–H groups in total. The van der Waals surface area contributed by atoms with E-state index in [4.69, 9.17) is 0 Å². The van der Waals surface area contributed by atoms with Gasteiger partial charge in [-0.15, -0.1) is 0 Å². The highest BCUT2D eigenvalue weighted by Gasteiger charge is 2.15. The number of rotatable bonds is 4. The molecule has 3 heteroatoms. The SMILES string of the molecule is Cc1ccc(CC(C)CNC(C)(C)C)c(F)c1F. The van der Waals surface area contributed by atoms with Gasteiger partial charge >= 0.3 is 0 Å². The predicted octanol–water partition coefficient (Wildman–Crippen LogP) is 3.84. The molecule has 1 aromatic carbocycles. The van der Waals surface area contributed by atoms with E-state index in [9.17, 15) is 8.78 Å². The highest BCUT2D eigenvalue weighted by Crippen LogP contribution is 2.18. The lowest BCUT2D eigenvalue weighted by Gasteiger charge is -2.23. The van der Waals surface area contributed by atoms with Crippen molar-refractivity contribution in [1.82, 2.24) is 5.32 Å². The number of benzene rings is 1. The molecule has 1 atom stereocenters. The van der Waals surface area contributed by atoms with Crippen LogP contribution in [0.3, 0.4) is 0 Å². The monoisotopic (exact) mass is 255 g/mol. The summed E-state index contributed by atoms with van der Waals surface area (Å²) >= 11 is 0. The standard InChI is InChI=1S/C15H23F2N/c1-10(9-18-15(3,4)5)8-12-7-6-11(2)13(16)14(12)17/h6-7,10,18H,8-9H2,1-5H3. The lowest BCUT2D eigenvalue weighted by Crippen LogP contribution is -2.39. The molecule has 0 aliphatic rings. The molecule has 18 heavy (non-hydrogen) atoms. The minimum Gasteiger partial charge on any atom is -0.312 e. The van der Waals surface area contributed by atoms with Crippen molar-refractivity contribution in [3.05, 3.63) is 34.9 Å². The molecule has 0 spiro atoms. The van der Waals surface area contributed by atoms with Crippen molar-refractivity contribution in [2.24, 2.45) is 5.92 Å². The lowest BCUT2D eigenvalue weighted by atomic mass is 9.98. The Kier molecular flexibility index (Phi) is 4.85. The van der Waals surface area contributed by atoms with Crippen LogP contribution >= 0.6 is 0 Å². The third kappa shape index (κ3) is 4.37. The summed E-state index contributed by atoms with van der Waals surface area (Å²) in [6.07, 6.45) is 0.548. The van der Waals surface area contributed by atoms with Crippen molar-refractivity contribution < 1.29 is 8.78 Å². The minimum atomic E-state index is -0.719. The first-order valence-electron chi connectivity index (χ1n) is 6.39. The third-order valence-electron chi connectivity index (χ3n) is 2.90. The normalized spacial score (nSPS) is 13.7. The summed E-state index contributed by atoms with van der Waals surface area (Å²) < 4.78 is 27.1. The molecule has 0 radical (unpaired) electrons. The molecule has 1 rings (SSSR count). The molecule has 1 aromatic rings. The summed E-state index contributed by atoms with van der Waals surface area (Å²) in [5.41, 5.74) is 0.865. The Labute approximate surface area is 109 Å². The molecule has 0 amide bonds. The van der Waals surface area contributed by atoms with Crippen molar-refractivity contribution in [3.8, 4) is 0 Å². The maximum Gasteiger partial charge on any atom is 0.162 e. The van der Waals surface area contributed by atoms with Crippen molar-refractivity contribution in [3.63, 3.8) is 0 Å². The number of hydrogen-bond acceptors (Lipinski definition) is 1. The Morgan fingerprint density at radius 2 is 1.78 bits per heavy atom. The Hall–Kier alpha value is -0.960. The van der Waals surface area contributed by atoms with E-state index in [-0.39, 0.29) is 11.5 Å². The van der Waals surface area contributed by atoms with Crippen LogP contribution in [0.4, 0.5) is 8.78 Å². The summed E-state index contributed by atoms with van der Waals surface area (Å²) in [5, 5.41) is 3.37. The fourth-order valence-electron chi connectivity index (χ4n) is 1.77. The van der Waals surface area contributed by atoms with E-state index in [1.807, 2.05) is 6.92 Å². The Morgan fingerprint density at radius 3 is 2.33 bits per heavy atom. The second-order valence-electron chi connectivity index (χ2n) is 6.11. The quantitative estimate of drug-likeness (QED) is 0.862. The molecule has 0 saturated carbocycles. The van der Waals surface area contributed by atoms with Crippen LogP contribution in [0.5, 0.6) is 0 Å². The van der Waals surface area contributed by atoms with Gasteiger partial charge in [-0.05, 0) is 57.7 Å². The van der Waals surface area contributed by atoms with Crippen LogP contribution < -0.4 is 5.32 Å². The zero-order chi connectivity index (χ0) is 13.9. The van der Waals surface area contributed by atoms with E-state index in [0.29, 0.717) is 17.5 Å². The smallest absolute Gasteiger partial charge is 0.162 e. The first-order chi connectivity index (χ1) is 8.20. The van der Waals surface area contributed by atoms with E-state index in [1.54, 1.807) is 19.1 Å². The average Bonchev–Trinajstić information content (AvgIpc) is 2.26. The molecule has 0 heterocycles. The highest BCUT2D eigenvalue weighted by atomic mass is 19.2. The fraction of sp³-hybridized carbons (Fsp3) is 0.600. The Bertz CT molecular complexity index is 408. The van der Waals surface area contributed by atoms with Gasteiger partial charge in [0.15, 0.2) is 11.6 Å². The van der Waals surface area contributed by atoms with Crippen LogP contribution in [0, 0.1) is 24.5 Å². The van der Waals surface area contributed by atoms with E-state index in [0.717, 1.165) is 6.54 Å². The molecule has 0 aliphatic carbocycles. The van der Waals surface area contributed by atoms with Crippen LogP contribution in [0.25, 0.3) is 0 Å². The zero-order valence-corrected chi connectivity index (χ0v) is 11.9. The summed E-state index contributed by atoms with van der Waals surface area (Å²) in [4.78, 5) is 0. The van der Waals surface area contributed by atoms with Crippen molar-refractivity contribution in [2.45, 2.75) is 46.6 Å². The van der Waals surface area contributed by atoms with E-state index in [1.165, 1.54) is 0 Å². The largest absolute Gasteiger partial charge is 0.312 e. The van der Waals surface area contributed by atoms with Crippen LogP contribution in [-0.4, -0.2) is 12.1 Å². The molecule has 0 aromatic heterocycles. The van der Waals surface area contributed by atoms with Gasteiger partial charge in [-0.25, -0.2) is 8.78 Å². The average molecular weight is 255 g/mol. The first kappa shape index (κ1) is 15.1. The Morgan fingerprint density at radius 1 is 1.17 bits per heavy atom. The van der Waals surface area contributed by atoms with Gasteiger partial charge in [0.05, 0.1) is 0 Å². The van der Waals surface area contributed by atoms with Crippen LogP contribution in [0.2, 0.25) is 0 Å². The van der Waals surface area contributed by atoms with Gasteiger partial charge in [-0.2, -0.15) is 0 Å². The van der Waals surface area contributed by atoms with E-state index in [2.05, 4.69) is 26.1 Å². The van der Waals surface area contributed by atoms with Gasteiger partial charge in [-0.3, -0.25) is 0 Å². The van der Waals surface area contributed by atoms with Crippen molar-refractivity contribution in [1.29, 1.82) is 0 Å². The summed E-state index contributed by atoms with van der Waals surface area (Å²) in [5.74, 6) is -1.15. The van der Waals surface area contributed by atoms with Gasteiger partial charge in [0, 0.05) is 5.54 Å². The van der Waals surface area contributed by atoms with Crippen molar-refractivity contribution in [2.75, 3.05) is 6.54 Å². The van der Waals surface area contributed by atoms with Crippen LogP contribution in [0.1, 0.15) is 38.8 Å². The number of halogens is 2. The molecule has 0 bridgehead atoms. The maximum atomic E-state index is 13.7. The molecule has 0 saturated heterocycles. The molecular weight excluding hydrogens is 232 g/mol. The van der Waals surface area contributed by atoms with E-state index < -0.39 is 11.6 Å². The Balaban J connectivity index is 2.65. The third-order valence-corrected chi connectivity index (χ3v) is 2.90. The highest BCUT2D eigenvalue weighted by molar-refractivity contribution is 5.25. The van der Waals surface area contributed by atoms with Crippen molar-refractivity contribution >= 4 is 0 Å². The molecule has 102 valence electrons. The summed E-state index contributed by atoms with van der Waals surface area (Å²) in [6.45, 7) is 10.7. The second-order valence-corrected chi connectivity index (χ2v) is 6.11. The topological polar surface area (TPSA) is 12.0 Å². The molecular formula is C15H23F2N. The maximum absolute atomic E-state index is 13.7. The minimum absolute atomic E-state index is 0.0470. The van der Waals surface area contributed by atoms with Gasteiger partial charge in [-0.1, -0.05) is 19.1 Å². The van der Waals surface area contributed by atoms with Gasteiger partial charge in [0.1, 0.15) is 0 Å². The number of hydrogen-bond donors (Lipinski definition) is 1. The van der Waals surface area contributed by atoms with Crippen LogP contribution in [0.15, 0.2) is 12.1 Å². The van der Waals surface area contributed by atoms with Crippen LogP contribution in [-0.2, 0) is 6.42 Å². The molecule has 0 aliphatic heterocycles. The van der Waals surface area contributed by atoms with E-state index >= 15 is 0 Å². The van der Waals surface area contributed by atoms with Gasteiger partial charge in [0.2, 0.25) is 0 Å². The molecule has 1 nitrogen and oxygen atoms in total. The molecule has 1 unspecified atom stereocenters. The zero-order valence-electron chi connectivity index (χ0n) is 11.9. The van der Waals surface area contributed by atoms with Gasteiger partial charge in [0.25, 0.3) is 0 Å². The first-order valence-corrected chi connectivity index (χ1v) is 6.39.